The summed E-state index contributed by atoms with van der Waals surface area (Å²) in [6, 6.07) is 13.4. The third-order valence-electron chi connectivity index (χ3n) is 2.28. The summed E-state index contributed by atoms with van der Waals surface area (Å²) in [4.78, 5) is 11.7. The van der Waals surface area contributed by atoms with E-state index in [-0.39, 0.29) is 11.6 Å². The average molecular weight is 356 g/mol. The Morgan fingerprint density at radius 3 is 2.50 bits per heavy atom. The summed E-state index contributed by atoms with van der Waals surface area (Å²) in [5, 5.41) is 0. The number of rotatable bonds is 3. The predicted octanol–water partition coefficient (Wildman–Crippen LogP) is 3.19. The van der Waals surface area contributed by atoms with E-state index >= 15 is 0 Å². The van der Waals surface area contributed by atoms with Gasteiger partial charge < -0.3 is 0 Å². The molecule has 3 nitrogen and oxygen atoms in total. The molecule has 2 aromatic carbocycles. The van der Waals surface area contributed by atoms with Crippen molar-refractivity contribution in [3.8, 4) is 0 Å². The molecule has 0 bridgehead atoms. The Morgan fingerprint density at radius 1 is 1.11 bits per heavy atom. The molecular formula is C13H10FIN2O. The second-order valence-electron chi connectivity index (χ2n) is 3.57. The molecule has 92 valence electrons. The number of hydrogen-bond donors (Lipinski definition) is 2. The summed E-state index contributed by atoms with van der Waals surface area (Å²) in [5.41, 5.74) is 5.75. The first-order valence-electron chi connectivity index (χ1n) is 5.23. The standard InChI is InChI=1S/C13H10FIN2O/c14-11-8-10(15)6-7-12(11)16-17-13(18)9-4-2-1-3-5-9/h1-8,16H,(H,17,18). The molecule has 0 fully saturated rings. The van der Waals surface area contributed by atoms with Crippen molar-refractivity contribution in [2.75, 3.05) is 5.43 Å². The maximum absolute atomic E-state index is 13.5. The highest BCUT2D eigenvalue weighted by Crippen LogP contribution is 2.16. The van der Waals surface area contributed by atoms with Crippen molar-refractivity contribution in [3.05, 3.63) is 63.5 Å². The van der Waals surface area contributed by atoms with Gasteiger partial charge in [0.05, 0.1) is 5.69 Å². The third-order valence-corrected chi connectivity index (χ3v) is 2.95. The van der Waals surface area contributed by atoms with Gasteiger partial charge in [-0.3, -0.25) is 15.6 Å². The fourth-order valence-electron chi connectivity index (χ4n) is 1.38. The first-order valence-corrected chi connectivity index (χ1v) is 6.31. The Kier molecular flexibility index (Phi) is 4.14. The number of hydrogen-bond acceptors (Lipinski definition) is 2. The quantitative estimate of drug-likeness (QED) is 0.655. The Balaban J connectivity index is 2.02. The van der Waals surface area contributed by atoms with E-state index in [1.54, 1.807) is 36.4 Å². The summed E-state index contributed by atoms with van der Waals surface area (Å²) in [6.07, 6.45) is 0. The second-order valence-corrected chi connectivity index (χ2v) is 4.81. The summed E-state index contributed by atoms with van der Waals surface area (Å²) in [5.74, 6) is -0.719. The van der Waals surface area contributed by atoms with Crippen LogP contribution in [0.25, 0.3) is 0 Å². The van der Waals surface area contributed by atoms with Gasteiger partial charge in [-0.1, -0.05) is 18.2 Å². The van der Waals surface area contributed by atoms with Crippen molar-refractivity contribution in [1.29, 1.82) is 0 Å². The summed E-state index contributed by atoms with van der Waals surface area (Å²) < 4.78 is 14.3. The molecule has 0 saturated carbocycles. The normalized spacial score (nSPS) is 9.89. The molecule has 0 saturated heterocycles. The van der Waals surface area contributed by atoms with Crippen molar-refractivity contribution in [3.63, 3.8) is 0 Å². The molecule has 0 spiro atoms. The minimum atomic E-state index is -0.407. The van der Waals surface area contributed by atoms with E-state index in [9.17, 15) is 9.18 Å². The minimum absolute atomic E-state index is 0.236. The number of carbonyl (C=O) groups is 1. The summed E-state index contributed by atoms with van der Waals surface area (Å²) in [6.45, 7) is 0. The van der Waals surface area contributed by atoms with Crippen molar-refractivity contribution < 1.29 is 9.18 Å². The lowest BCUT2D eigenvalue weighted by Crippen LogP contribution is -2.29. The van der Waals surface area contributed by atoms with Crippen LogP contribution in [0.2, 0.25) is 0 Å². The molecule has 2 rings (SSSR count). The van der Waals surface area contributed by atoms with Crippen molar-refractivity contribution in [1.82, 2.24) is 5.43 Å². The van der Waals surface area contributed by atoms with Crippen LogP contribution in [0.5, 0.6) is 0 Å². The molecule has 0 aromatic heterocycles. The SMILES string of the molecule is O=C(NNc1ccc(I)cc1F)c1ccccc1. The molecule has 1 amide bonds. The molecule has 0 aliphatic rings. The van der Waals surface area contributed by atoms with E-state index in [4.69, 9.17) is 0 Å². The Labute approximate surface area is 118 Å². The van der Waals surface area contributed by atoms with E-state index in [1.807, 2.05) is 28.7 Å². The number of amides is 1. The van der Waals surface area contributed by atoms with Gasteiger partial charge in [0, 0.05) is 9.13 Å². The van der Waals surface area contributed by atoms with Gasteiger partial charge in [-0.25, -0.2) is 4.39 Å². The minimum Gasteiger partial charge on any atom is -0.295 e. The van der Waals surface area contributed by atoms with Crippen molar-refractivity contribution in [2.24, 2.45) is 0 Å². The Hall–Kier alpha value is -1.63. The Morgan fingerprint density at radius 2 is 1.83 bits per heavy atom. The number of benzene rings is 2. The molecule has 2 aromatic rings. The van der Waals surface area contributed by atoms with Gasteiger partial charge in [-0.2, -0.15) is 0 Å². The van der Waals surface area contributed by atoms with Crippen LogP contribution in [0, 0.1) is 9.39 Å². The largest absolute Gasteiger partial charge is 0.295 e. The second kappa shape index (κ2) is 5.81. The monoisotopic (exact) mass is 356 g/mol. The lowest BCUT2D eigenvalue weighted by atomic mass is 10.2. The first-order chi connectivity index (χ1) is 8.66. The van der Waals surface area contributed by atoms with Crippen LogP contribution in [0.15, 0.2) is 48.5 Å². The molecule has 0 heterocycles. The van der Waals surface area contributed by atoms with E-state index in [1.165, 1.54) is 6.07 Å². The molecule has 0 unspecified atom stereocenters. The van der Waals surface area contributed by atoms with E-state index < -0.39 is 5.82 Å². The molecule has 0 atom stereocenters. The van der Waals surface area contributed by atoms with Crippen LogP contribution in [0.4, 0.5) is 10.1 Å². The number of anilines is 1. The number of carbonyl (C=O) groups excluding carboxylic acids is 1. The van der Waals surface area contributed by atoms with E-state index in [0.717, 1.165) is 3.57 Å². The van der Waals surface area contributed by atoms with Gasteiger partial charge in [-0.15, -0.1) is 0 Å². The number of hydrazine groups is 1. The van der Waals surface area contributed by atoms with Crippen molar-refractivity contribution >= 4 is 34.2 Å². The molecule has 2 N–H and O–H groups in total. The van der Waals surface area contributed by atoms with Gasteiger partial charge in [-0.05, 0) is 52.9 Å². The van der Waals surface area contributed by atoms with Crippen LogP contribution in [-0.2, 0) is 0 Å². The van der Waals surface area contributed by atoms with Crippen LogP contribution in [0.3, 0.4) is 0 Å². The zero-order valence-electron chi connectivity index (χ0n) is 9.28. The third kappa shape index (κ3) is 3.19. The van der Waals surface area contributed by atoms with Crippen LogP contribution < -0.4 is 10.9 Å². The van der Waals surface area contributed by atoms with Gasteiger partial charge >= 0.3 is 0 Å². The fourth-order valence-corrected chi connectivity index (χ4v) is 1.83. The molecule has 5 heteroatoms. The van der Waals surface area contributed by atoms with Crippen LogP contribution in [0.1, 0.15) is 10.4 Å². The van der Waals surface area contributed by atoms with Gasteiger partial charge in [0.25, 0.3) is 5.91 Å². The van der Waals surface area contributed by atoms with Gasteiger partial charge in [0.1, 0.15) is 5.82 Å². The van der Waals surface area contributed by atoms with Crippen LogP contribution >= 0.6 is 22.6 Å². The molecule has 0 radical (unpaired) electrons. The van der Waals surface area contributed by atoms with E-state index in [0.29, 0.717) is 5.56 Å². The summed E-state index contributed by atoms with van der Waals surface area (Å²) >= 11 is 2.02. The fraction of sp³-hybridized carbons (Fsp3) is 0. The molecular weight excluding hydrogens is 346 g/mol. The Bertz CT molecular complexity index is 560. The average Bonchev–Trinajstić information content (AvgIpc) is 2.38. The smallest absolute Gasteiger partial charge is 0.269 e. The highest BCUT2D eigenvalue weighted by molar-refractivity contribution is 14.1. The molecule has 0 aliphatic heterocycles. The maximum Gasteiger partial charge on any atom is 0.269 e. The topological polar surface area (TPSA) is 41.1 Å². The number of nitrogens with one attached hydrogen (secondary N) is 2. The lowest BCUT2D eigenvalue weighted by molar-refractivity contribution is 0.0962. The lowest BCUT2D eigenvalue weighted by Gasteiger charge is -2.09. The molecule has 0 aliphatic carbocycles. The molecule has 18 heavy (non-hydrogen) atoms. The highest BCUT2D eigenvalue weighted by Gasteiger charge is 2.06. The zero-order valence-corrected chi connectivity index (χ0v) is 11.4. The summed E-state index contributed by atoms with van der Waals surface area (Å²) in [7, 11) is 0. The van der Waals surface area contributed by atoms with E-state index in [2.05, 4.69) is 10.9 Å². The highest BCUT2D eigenvalue weighted by atomic mass is 127. The zero-order chi connectivity index (χ0) is 13.0. The number of halogens is 2. The van der Waals surface area contributed by atoms with Gasteiger partial charge in [0.15, 0.2) is 0 Å². The predicted molar refractivity (Wildman–Crippen MR) is 76.6 cm³/mol. The van der Waals surface area contributed by atoms with Crippen LogP contribution in [-0.4, -0.2) is 5.91 Å². The van der Waals surface area contributed by atoms with Crippen molar-refractivity contribution in [2.45, 2.75) is 0 Å². The maximum atomic E-state index is 13.5. The first kappa shape index (κ1) is 12.8. The van der Waals surface area contributed by atoms with Gasteiger partial charge in [0.2, 0.25) is 0 Å².